The summed E-state index contributed by atoms with van der Waals surface area (Å²) in [6.45, 7) is 15.0. The van der Waals surface area contributed by atoms with Crippen molar-refractivity contribution < 1.29 is 0 Å². The second-order valence-corrected chi connectivity index (χ2v) is 17.9. The zero-order chi connectivity index (χ0) is 48.1. The van der Waals surface area contributed by atoms with E-state index in [9.17, 15) is 0 Å². The van der Waals surface area contributed by atoms with Crippen LogP contribution in [0.1, 0.15) is 0 Å². The lowest BCUT2D eigenvalue weighted by Crippen LogP contribution is -2.04. The highest BCUT2D eigenvalue weighted by Crippen LogP contribution is 2.46. The summed E-state index contributed by atoms with van der Waals surface area (Å²) in [5, 5.41) is 4.55. The molecule has 0 N–H and O–H groups in total. The number of nitrogens with zero attached hydrogens (tertiary/aromatic N) is 6. The highest BCUT2D eigenvalue weighted by molar-refractivity contribution is 6.13. The average Bonchev–Trinajstić information content (AvgIpc) is 3.97. The van der Waals surface area contributed by atoms with Crippen LogP contribution in [0.15, 0.2) is 243 Å². The van der Waals surface area contributed by atoms with E-state index in [0.29, 0.717) is 17.2 Å². The van der Waals surface area contributed by atoms with Crippen molar-refractivity contribution in [2.45, 2.75) is 0 Å². The van der Waals surface area contributed by atoms with Gasteiger partial charge in [0, 0.05) is 49.4 Å². The van der Waals surface area contributed by atoms with Gasteiger partial charge in [0.15, 0.2) is 17.2 Å². The Morgan fingerprint density at radius 2 is 0.750 bits per heavy atom. The first-order chi connectivity index (χ1) is 35.6. The zero-order valence-electron chi connectivity index (χ0n) is 38.8. The van der Waals surface area contributed by atoms with Crippen molar-refractivity contribution >= 4 is 55.0 Å². The van der Waals surface area contributed by atoms with Crippen molar-refractivity contribution in [3.63, 3.8) is 0 Å². The monoisotopic (exact) mass is 916 g/mol. The van der Waals surface area contributed by atoms with E-state index in [4.69, 9.17) is 23.1 Å². The third-order valence-electron chi connectivity index (χ3n) is 13.8. The van der Waals surface area contributed by atoms with Gasteiger partial charge in [0.2, 0.25) is 0 Å². The number of hydrogen-bond donors (Lipinski definition) is 0. The van der Waals surface area contributed by atoms with Crippen molar-refractivity contribution in [2.24, 2.45) is 0 Å². The Hall–Kier alpha value is -10.1. The third-order valence-corrected chi connectivity index (χ3v) is 13.8. The lowest BCUT2D eigenvalue weighted by atomic mass is 9.93. The van der Waals surface area contributed by atoms with E-state index in [1.54, 1.807) is 0 Å². The summed E-state index contributed by atoms with van der Waals surface area (Å²) in [6.07, 6.45) is 0. The minimum Gasteiger partial charge on any atom is -0.309 e. The van der Waals surface area contributed by atoms with Crippen LogP contribution >= 0.6 is 0 Å². The molecule has 72 heavy (non-hydrogen) atoms. The molecule has 6 heteroatoms. The minimum atomic E-state index is 0.620. The maximum absolute atomic E-state index is 7.53. The molecular weight excluding hydrogens is 877 g/mol. The van der Waals surface area contributed by atoms with Crippen LogP contribution in [-0.4, -0.2) is 19.1 Å². The molecule has 0 radical (unpaired) electrons. The number of rotatable bonds is 8. The maximum Gasteiger partial charge on any atom is 0.187 e. The van der Waals surface area contributed by atoms with Gasteiger partial charge in [-0.05, 0) is 76.9 Å². The van der Waals surface area contributed by atoms with Crippen molar-refractivity contribution in [1.29, 1.82) is 0 Å². The topological polar surface area (TPSA) is 44.4 Å². The van der Waals surface area contributed by atoms with Gasteiger partial charge < -0.3 is 9.13 Å². The van der Waals surface area contributed by atoms with E-state index in [1.165, 1.54) is 0 Å². The summed E-state index contributed by atoms with van der Waals surface area (Å²) in [7, 11) is 0. The SMILES string of the molecule is [C-]#[N+]c1ccc(-c2ccc3c(c2)c2ccccc2n3-c2ccccc2-c2c(-c3cc(-c4ccccc4)nc(-c4ccccc4)n3)cccc2-n2c3ccccc3c3cc(-c4ccc([N+]#[C-])cc4)ccc32)cc1. The van der Waals surface area contributed by atoms with Gasteiger partial charge in [-0.25, -0.2) is 19.7 Å². The molecule has 0 aliphatic heterocycles. The first-order valence-electron chi connectivity index (χ1n) is 23.9. The lowest BCUT2D eigenvalue weighted by Gasteiger charge is -2.22. The standard InChI is InChI=1S/C66H40N6/c1-67-49-34-28-43(29-35-49)47-32-38-62-55(40-47)51-20-9-12-24-59(51)71(62)61-26-14-11-22-54(61)65-53(58-42-57(45-16-5-3-6-17-45)69-66(70-58)46-18-7-4-8-19-46)23-15-27-64(65)72-60-25-13-10-21-52(60)56-41-48(33-39-63(56)72)44-30-36-50(68-2)37-31-44/h3-42H. The van der Waals surface area contributed by atoms with E-state index in [1.807, 2.05) is 72.8 Å². The predicted molar refractivity (Wildman–Crippen MR) is 296 cm³/mol. The molecule has 0 spiro atoms. The van der Waals surface area contributed by atoms with Crippen LogP contribution in [0.2, 0.25) is 0 Å². The fraction of sp³-hybridized carbons (Fsp3) is 0. The summed E-state index contributed by atoms with van der Waals surface area (Å²) in [6, 6.07) is 84.5. The molecule has 0 atom stereocenters. The molecule has 0 amide bonds. The Labute approximate surface area is 416 Å². The molecule has 0 bridgehead atoms. The first-order valence-corrected chi connectivity index (χ1v) is 23.9. The number of aromatic nitrogens is 4. The van der Waals surface area contributed by atoms with Crippen LogP contribution in [-0.2, 0) is 0 Å². The third kappa shape index (κ3) is 7.10. The van der Waals surface area contributed by atoms with Gasteiger partial charge in [-0.3, -0.25) is 0 Å². The Balaban J connectivity index is 1.11. The van der Waals surface area contributed by atoms with Crippen molar-refractivity contribution in [2.75, 3.05) is 0 Å². The molecule has 0 aliphatic rings. The van der Waals surface area contributed by atoms with Crippen molar-refractivity contribution in [3.8, 4) is 78.7 Å². The van der Waals surface area contributed by atoms with Crippen molar-refractivity contribution in [3.05, 3.63) is 265 Å². The molecule has 3 heterocycles. The molecular formula is C66H40N6. The van der Waals surface area contributed by atoms with Crippen LogP contribution in [0.25, 0.3) is 132 Å². The maximum atomic E-state index is 7.53. The molecule has 0 fully saturated rings. The van der Waals surface area contributed by atoms with Gasteiger partial charge in [0.05, 0.1) is 58.0 Å². The van der Waals surface area contributed by atoms with Gasteiger partial charge in [0.1, 0.15) is 0 Å². The molecule has 0 saturated carbocycles. The van der Waals surface area contributed by atoms with Gasteiger partial charge in [0.25, 0.3) is 0 Å². The fourth-order valence-electron chi connectivity index (χ4n) is 10.4. The van der Waals surface area contributed by atoms with Crippen molar-refractivity contribution in [1.82, 2.24) is 19.1 Å². The average molecular weight is 917 g/mol. The van der Waals surface area contributed by atoms with Crippen LogP contribution in [0.4, 0.5) is 11.4 Å². The smallest absolute Gasteiger partial charge is 0.187 e. The molecule has 13 rings (SSSR count). The van der Waals surface area contributed by atoms with E-state index in [0.717, 1.165) is 116 Å². The number of benzene rings is 10. The molecule has 13 aromatic rings. The van der Waals surface area contributed by atoms with Gasteiger partial charge in [-0.1, -0.05) is 188 Å². The molecule has 6 nitrogen and oxygen atoms in total. The molecule has 0 unspecified atom stereocenters. The Bertz CT molecular complexity index is 4270. The van der Waals surface area contributed by atoms with Crippen LogP contribution in [0.5, 0.6) is 0 Å². The molecule has 0 saturated heterocycles. The van der Waals surface area contributed by atoms with E-state index < -0.39 is 0 Å². The van der Waals surface area contributed by atoms with E-state index in [-0.39, 0.29) is 0 Å². The number of fused-ring (bicyclic) bond motifs is 6. The minimum absolute atomic E-state index is 0.620. The normalized spacial score (nSPS) is 11.3. The summed E-state index contributed by atoms with van der Waals surface area (Å²) >= 11 is 0. The quantitative estimate of drug-likeness (QED) is 0.143. The van der Waals surface area contributed by atoms with Gasteiger partial charge >= 0.3 is 0 Å². The summed E-state index contributed by atoms with van der Waals surface area (Å²) in [5.41, 5.74) is 18.5. The van der Waals surface area contributed by atoms with Crippen LogP contribution < -0.4 is 0 Å². The first kappa shape index (κ1) is 42.0. The molecule has 3 aromatic heterocycles. The Morgan fingerprint density at radius 1 is 0.306 bits per heavy atom. The predicted octanol–water partition coefficient (Wildman–Crippen LogP) is 17.8. The van der Waals surface area contributed by atoms with E-state index >= 15 is 0 Å². The number of para-hydroxylation sites is 3. The van der Waals surface area contributed by atoms with Gasteiger partial charge in [-0.15, -0.1) is 0 Å². The largest absolute Gasteiger partial charge is 0.309 e. The second-order valence-electron chi connectivity index (χ2n) is 17.9. The molecule has 334 valence electrons. The lowest BCUT2D eigenvalue weighted by molar-refractivity contribution is 1.15. The zero-order valence-corrected chi connectivity index (χ0v) is 38.8. The summed E-state index contributed by atoms with van der Waals surface area (Å²) in [5.74, 6) is 0.646. The molecule has 0 aliphatic carbocycles. The van der Waals surface area contributed by atoms with Gasteiger partial charge in [-0.2, -0.15) is 0 Å². The van der Waals surface area contributed by atoms with E-state index in [2.05, 4.69) is 189 Å². The number of hydrogen-bond acceptors (Lipinski definition) is 2. The second kappa shape index (κ2) is 17.4. The molecule has 10 aromatic carbocycles. The van der Waals surface area contributed by atoms with Crippen LogP contribution in [0, 0.1) is 13.1 Å². The fourth-order valence-corrected chi connectivity index (χ4v) is 10.4. The van der Waals surface area contributed by atoms with Crippen LogP contribution in [0.3, 0.4) is 0 Å². The highest BCUT2D eigenvalue weighted by Gasteiger charge is 2.25. The summed E-state index contributed by atoms with van der Waals surface area (Å²) in [4.78, 5) is 18.0. The highest BCUT2D eigenvalue weighted by atomic mass is 15.0. The Kier molecular flexibility index (Phi) is 10.2. The Morgan fingerprint density at radius 3 is 1.33 bits per heavy atom. The summed E-state index contributed by atoms with van der Waals surface area (Å²) < 4.78 is 4.83.